The number of amides is 1. The summed E-state index contributed by atoms with van der Waals surface area (Å²) in [5.74, 6) is 0.473. The molecule has 1 aromatic heterocycles. The fourth-order valence-electron chi connectivity index (χ4n) is 1.53. The van der Waals surface area contributed by atoms with E-state index >= 15 is 0 Å². The van der Waals surface area contributed by atoms with Crippen LogP contribution in [0.15, 0.2) is 22.4 Å². The molecule has 0 aliphatic carbocycles. The third-order valence-electron chi connectivity index (χ3n) is 2.24. The molecule has 0 spiro atoms. The van der Waals surface area contributed by atoms with Crippen LogP contribution in [-0.2, 0) is 4.79 Å². The van der Waals surface area contributed by atoms with Crippen molar-refractivity contribution in [3.8, 4) is 0 Å². The van der Waals surface area contributed by atoms with Gasteiger partial charge in [0.05, 0.1) is 4.91 Å². The van der Waals surface area contributed by atoms with E-state index in [0.29, 0.717) is 16.8 Å². The van der Waals surface area contributed by atoms with Crippen LogP contribution in [0.5, 0.6) is 0 Å². The fourth-order valence-corrected chi connectivity index (χ4v) is 3.52. The molecule has 2 heterocycles. The van der Waals surface area contributed by atoms with Gasteiger partial charge in [0.25, 0.3) is 5.91 Å². The van der Waals surface area contributed by atoms with Crippen LogP contribution in [0.2, 0.25) is 0 Å². The highest BCUT2D eigenvalue weighted by molar-refractivity contribution is 8.26. The largest absolute Gasteiger partial charge is 0.293 e. The highest BCUT2D eigenvalue weighted by Gasteiger charge is 2.32. The molecule has 2 nitrogen and oxygen atoms in total. The fraction of sp³-hybridized carbons (Fsp3) is 0.333. The first-order valence-electron chi connectivity index (χ1n) is 5.37. The number of nitrogens with zero attached hydrogens (tertiary/aromatic N) is 1. The van der Waals surface area contributed by atoms with Crippen LogP contribution >= 0.6 is 35.3 Å². The lowest BCUT2D eigenvalue weighted by Gasteiger charge is -2.16. The van der Waals surface area contributed by atoms with E-state index in [0.717, 1.165) is 9.78 Å². The van der Waals surface area contributed by atoms with E-state index in [2.05, 4.69) is 13.8 Å². The maximum absolute atomic E-state index is 12.1. The molecule has 0 bridgehead atoms. The Balaban J connectivity index is 2.18. The number of thiophene rings is 1. The molecule has 1 aliphatic rings. The van der Waals surface area contributed by atoms with Crippen molar-refractivity contribution < 1.29 is 4.79 Å². The SMILES string of the molecule is CC(C)CN1C(=O)/C(=C/c2cccs2)SC1=S. The van der Waals surface area contributed by atoms with Crippen LogP contribution in [0.25, 0.3) is 6.08 Å². The standard InChI is InChI=1S/C12H13NOS3/c1-8(2)7-13-11(14)10(17-12(13)15)6-9-4-3-5-16-9/h3-6,8H,7H2,1-2H3/b10-6-. The van der Waals surface area contributed by atoms with E-state index in [1.165, 1.54) is 11.8 Å². The second-order valence-corrected chi connectivity index (χ2v) is 6.86. The number of hydrogen-bond donors (Lipinski definition) is 0. The Hall–Kier alpha value is -0.650. The number of rotatable bonds is 3. The summed E-state index contributed by atoms with van der Waals surface area (Å²) in [5, 5.41) is 2.00. The molecule has 1 amide bonds. The Labute approximate surface area is 115 Å². The third-order valence-corrected chi connectivity index (χ3v) is 4.43. The predicted octanol–water partition coefficient (Wildman–Crippen LogP) is 3.61. The average molecular weight is 283 g/mol. The van der Waals surface area contributed by atoms with Crippen LogP contribution in [-0.4, -0.2) is 21.7 Å². The van der Waals surface area contributed by atoms with E-state index in [4.69, 9.17) is 12.2 Å². The Kier molecular flexibility index (Phi) is 4.01. The number of thiocarbonyl (C=S) groups is 1. The summed E-state index contributed by atoms with van der Waals surface area (Å²) in [6.07, 6.45) is 1.92. The molecule has 90 valence electrons. The highest BCUT2D eigenvalue weighted by Crippen LogP contribution is 2.33. The summed E-state index contributed by atoms with van der Waals surface area (Å²) < 4.78 is 0.673. The molecule has 17 heavy (non-hydrogen) atoms. The van der Waals surface area contributed by atoms with Crippen molar-refractivity contribution in [2.45, 2.75) is 13.8 Å². The molecule has 0 unspecified atom stereocenters. The molecule has 5 heteroatoms. The summed E-state index contributed by atoms with van der Waals surface area (Å²) in [5.41, 5.74) is 0. The molecule has 0 aromatic carbocycles. The summed E-state index contributed by atoms with van der Waals surface area (Å²) in [4.78, 5) is 15.7. The van der Waals surface area contributed by atoms with Gasteiger partial charge >= 0.3 is 0 Å². The van der Waals surface area contributed by atoms with Gasteiger partial charge in [-0.05, 0) is 23.4 Å². The summed E-state index contributed by atoms with van der Waals surface area (Å²) in [7, 11) is 0. The monoisotopic (exact) mass is 283 g/mol. The molecule has 1 fully saturated rings. The van der Waals surface area contributed by atoms with Gasteiger partial charge in [-0.2, -0.15) is 0 Å². The Bertz CT molecular complexity index is 462. The zero-order valence-electron chi connectivity index (χ0n) is 9.67. The average Bonchev–Trinajstić information content (AvgIpc) is 2.83. The lowest BCUT2D eigenvalue weighted by Crippen LogP contribution is -2.31. The van der Waals surface area contributed by atoms with Gasteiger partial charge in [-0.3, -0.25) is 9.69 Å². The van der Waals surface area contributed by atoms with Crippen molar-refractivity contribution in [2.75, 3.05) is 6.54 Å². The maximum atomic E-state index is 12.1. The molecule has 1 aromatic rings. The van der Waals surface area contributed by atoms with Gasteiger partial charge in [-0.1, -0.05) is 43.9 Å². The molecule has 1 aliphatic heterocycles. The van der Waals surface area contributed by atoms with Crippen molar-refractivity contribution in [1.29, 1.82) is 0 Å². The van der Waals surface area contributed by atoms with Gasteiger partial charge in [0.2, 0.25) is 0 Å². The van der Waals surface area contributed by atoms with E-state index in [1.54, 1.807) is 16.2 Å². The van der Waals surface area contributed by atoms with Gasteiger partial charge in [-0.15, -0.1) is 11.3 Å². The topological polar surface area (TPSA) is 20.3 Å². The minimum atomic E-state index is 0.0436. The van der Waals surface area contributed by atoms with Crippen LogP contribution in [0.1, 0.15) is 18.7 Å². The lowest BCUT2D eigenvalue weighted by molar-refractivity contribution is -0.122. The zero-order chi connectivity index (χ0) is 12.4. The molecule has 0 radical (unpaired) electrons. The van der Waals surface area contributed by atoms with Crippen LogP contribution in [0, 0.1) is 5.92 Å². The van der Waals surface area contributed by atoms with Crippen molar-refractivity contribution in [3.05, 3.63) is 27.3 Å². The number of thioether (sulfide) groups is 1. The normalized spacial score (nSPS) is 18.8. The van der Waals surface area contributed by atoms with Crippen molar-refractivity contribution in [1.82, 2.24) is 4.90 Å². The summed E-state index contributed by atoms with van der Waals surface area (Å²) >= 11 is 8.26. The summed E-state index contributed by atoms with van der Waals surface area (Å²) in [6, 6.07) is 3.98. The molecule has 1 saturated heterocycles. The molecule has 0 saturated carbocycles. The zero-order valence-corrected chi connectivity index (χ0v) is 12.1. The second kappa shape index (κ2) is 5.33. The van der Waals surface area contributed by atoms with Gasteiger partial charge in [-0.25, -0.2) is 0 Å². The minimum Gasteiger partial charge on any atom is -0.293 e. The molecule has 0 N–H and O–H groups in total. The van der Waals surface area contributed by atoms with Crippen LogP contribution in [0.3, 0.4) is 0 Å². The third kappa shape index (κ3) is 2.97. The van der Waals surface area contributed by atoms with Gasteiger partial charge in [0, 0.05) is 11.4 Å². The minimum absolute atomic E-state index is 0.0436. The van der Waals surface area contributed by atoms with Crippen LogP contribution < -0.4 is 0 Å². The Morgan fingerprint density at radius 1 is 1.53 bits per heavy atom. The van der Waals surface area contributed by atoms with Crippen molar-refractivity contribution in [3.63, 3.8) is 0 Å². The van der Waals surface area contributed by atoms with Crippen molar-refractivity contribution in [2.24, 2.45) is 5.92 Å². The van der Waals surface area contributed by atoms with Gasteiger partial charge in [0.15, 0.2) is 0 Å². The maximum Gasteiger partial charge on any atom is 0.266 e. The number of hydrogen-bond acceptors (Lipinski definition) is 4. The first-order chi connectivity index (χ1) is 8.08. The van der Waals surface area contributed by atoms with Gasteiger partial charge in [0.1, 0.15) is 4.32 Å². The first-order valence-corrected chi connectivity index (χ1v) is 7.47. The molecular formula is C12H13NOS3. The first kappa shape index (κ1) is 12.8. The highest BCUT2D eigenvalue weighted by atomic mass is 32.2. The molecular weight excluding hydrogens is 270 g/mol. The molecule has 2 rings (SSSR count). The van der Waals surface area contributed by atoms with E-state index in [9.17, 15) is 4.79 Å². The Morgan fingerprint density at radius 2 is 2.29 bits per heavy atom. The quantitative estimate of drug-likeness (QED) is 0.624. The van der Waals surface area contributed by atoms with E-state index < -0.39 is 0 Å². The predicted molar refractivity (Wildman–Crippen MR) is 79.0 cm³/mol. The van der Waals surface area contributed by atoms with E-state index in [1.807, 2.05) is 23.6 Å². The molecule has 0 atom stereocenters. The van der Waals surface area contributed by atoms with Crippen molar-refractivity contribution >= 4 is 51.6 Å². The number of carbonyl (C=O) groups excluding carboxylic acids is 1. The lowest BCUT2D eigenvalue weighted by atomic mass is 10.2. The number of carbonyl (C=O) groups is 1. The Morgan fingerprint density at radius 3 is 2.88 bits per heavy atom. The van der Waals surface area contributed by atoms with Gasteiger partial charge < -0.3 is 0 Å². The van der Waals surface area contributed by atoms with Crippen LogP contribution in [0.4, 0.5) is 0 Å². The summed E-state index contributed by atoms with van der Waals surface area (Å²) in [6.45, 7) is 4.87. The smallest absolute Gasteiger partial charge is 0.266 e. The second-order valence-electron chi connectivity index (χ2n) is 4.20. The van der Waals surface area contributed by atoms with E-state index in [-0.39, 0.29) is 5.91 Å².